The summed E-state index contributed by atoms with van der Waals surface area (Å²) in [5, 5.41) is 10.3. The minimum absolute atomic E-state index is 0.116. The molecule has 0 aliphatic heterocycles. The van der Waals surface area contributed by atoms with Crippen LogP contribution in [0.15, 0.2) is 36.0 Å². The minimum atomic E-state index is -0.116. The Kier molecular flexibility index (Phi) is 5.15. The Bertz CT molecular complexity index is 854. The van der Waals surface area contributed by atoms with Gasteiger partial charge >= 0.3 is 0 Å². The van der Waals surface area contributed by atoms with Crippen LogP contribution in [0.1, 0.15) is 41.2 Å². The van der Waals surface area contributed by atoms with Crippen LogP contribution >= 0.6 is 11.3 Å². The van der Waals surface area contributed by atoms with E-state index in [0.717, 1.165) is 11.0 Å². The number of thiophene rings is 1. The molecular formula is C18H23N5OS. The number of hydrogen-bond donors (Lipinski definition) is 1. The second kappa shape index (κ2) is 7.33. The maximum Gasteiger partial charge on any atom is 0.252 e. The van der Waals surface area contributed by atoms with E-state index in [2.05, 4.69) is 45.6 Å². The lowest BCUT2D eigenvalue weighted by Crippen LogP contribution is -2.34. The van der Waals surface area contributed by atoms with Crippen molar-refractivity contribution in [2.45, 2.75) is 25.9 Å². The smallest absolute Gasteiger partial charge is 0.252 e. The Morgan fingerprint density at radius 2 is 2.16 bits per heavy atom. The maximum absolute atomic E-state index is 12.5. The number of fused-ring (bicyclic) bond motifs is 1. The van der Waals surface area contributed by atoms with E-state index < -0.39 is 0 Å². The molecule has 6 nitrogen and oxygen atoms in total. The number of rotatable bonds is 6. The summed E-state index contributed by atoms with van der Waals surface area (Å²) >= 11 is 1.70. The van der Waals surface area contributed by atoms with Gasteiger partial charge in [0.05, 0.1) is 17.8 Å². The van der Waals surface area contributed by atoms with Crippen LogP contribution in [0.2, 0.25) is 0 Å². The van der Waals surface area contributed by atoms with Gasteiger partial charge in [-0.05, 0) is 45.5 Å². The number of amides is 1. The molecule has 3 rings (SSSR count). The highest BCUT2D eigenvalue weighted by Crippen LogP contribution is 2.22. The van der Waals surface area contributed by atoms with Crippen molar-refractivity contribution in [2.24, 2.45) is 0 Å². The largest absolute Gasteiger partial charge is 0.350 e. The Hall–Kier alpha value is -2.25. The van der Waals surface area contributed by atoms with E-state index >= 15 is 0 Å². The van der Waals surface area contributed by atoms with Crippen molar-refractivity contribution in [3.8, 4) is 0 Å². The number of nitrogens with zero attached hydrogens (tertiary/aromatic N) is 4. The van der Waals surface area contributed by atoms with Crippen LogP contribution in [0.3, 0.4) is 0 Å². The number of carbonyl (C=O) groups excluding carboxylic acids is 1. The lowest BCUT2D eigenvalue weighted by atomic mass is 10.2. The molecule has 1 N–H and O–H groups in total. The molecule has 0 aliphatic rings. The normalized spacial score (nSPS) is 12.9. The molecule has 0 aliphatic carbocycles. The zero-order valence-corrected chi connectivity index (χ0v) is 15.7. The van der Waals surface area contributed by atoms with Gasteiger partial charge < -0.3 is 10.2 Å². The van der Waals surface area contributed by atoms with E-state index in [9.17, 15) is 4.79 Å². The molecule has 0 spiro atoms. The molecule has 3 aromatic heterocycles. The van der Waals surface area contributed by atoms with Crippen LogP contribution in [-0.4, -0.2) is 46.2 Å². The summed E-state index contributed by atoms with van der Waals surface area (Å²) in [5.41, 5.74) is 1.36. The van der Waals surface area contributed by atoms with E-state index in [1.165, 1.54) is 4.88 Å². The van der Waals surface area contributed by atoms with Gasteiger partial charge in [0, 0.05) is 29.0 Å². The maximum atomic E-state index is 12.5. The number of likely N-dealkylation sites (N-methyl/N-ethyl adjacent to an activating group) is 1. The second-order valence-electron chi connectivity index (χ2n) is 6.52. The molecule has 0 bridgehead atoms. The number of hydrogen-bond acceptors (Lipinski definition) is 5. The van der Waals surface area contributed by atoms with E-state index in [1.54, 1.807) is 23.7 Å². The molecule has 0 radical (unpaired) electrons. The molecule has 3 heterocycles. The van der Waals surface area contributed by atoms with Crippen LogP contribution < -0.4 is 5.32 Å². The first-order chi connectivity index (χ1) is 12.0. The molecule has 0 saturated carbocycles. The van der Waals surface area contributed by atoms with Gasteiger partial charge in [0.1, 0.15) is 0 Å². The van der Waals surface area contributed by atoms with Gasteiger partial charge in [0.15, 0.2) is 5.65 Å². The molecule has 0 fully saturated rings. The molecule has 25 heavy (non-hydrogen) atoms. The number of nitrogens with one attached hydrogen (secondary N) is 1. The van der Waals surface area contributed by atoms with Crippen molar-refractivity contribution in [2.75, 3.05) is 20.6 Å². The number of carbonyl (C=O) groups is 1. The van der Waals surface area contributed by atoms with Crippen molar-refractivity contribution in [3.05, 3.63) is 46.4 Å². The Morgan fingerprint density at radius 3 is 2.80 bits per heavy atom. The predicted octanol–water partition coefficient (Wildman–Crippen LogP) is 3.11. The van der Waals surface area contributed by atoms with E-state index in [-0.39, 0.29) is 18.0 Å². The van der Waals surface area contributed by atoms with Gasteiger partial charge in [-0.1, -0.05) is 6.07 Å². The molecule has 132 valence electrons. The molecule has 0 unspecified atom stereocenters. The summed E-state index contributed by atoms with van der Waals surface area (Å²) in [7, 11) is 4.04. The SMILES string of the molecule is CC(C)n1ncc2cc(C(=O)NC[C@H](c3cccs3)N(C)C)cnc21. The lowest BCUT2D eigenvalue weighted by Gasteiger charge is -2.23. The topological polar surface area (TPSA) is 63.1 Å². The fourth-order valence-electron chi connectivity index (χ4n) is 2.75. The number of pyridine rings is 1. The van der Waals surface area contributed by atoms with Crippen molar-refractivity contribution in [3.63, 3.8) is 0 Å². The first-order valence-corrected chi connectivity index (χ1v) is 9.16. The quantitative estimate of drug-likeness (QED) is 0.736. The third-order valence-corrected chi connectivity index (χ3v) is 5.11. The van der Waals surface area contributed by atoms with Crippen LogP contribution in [-0.2, 0) is 0 Å². The van der Waals surface area contributed by atoms with Gasteiger partial charge in [-0.25, -0.2) is 9.67 Å². The van der Waals surface area contributed by atoms with Crippen molar-refractivity contribution in [1.29, 1.82) is 0 Å². The van der Waals surface area contributed by atoms with Crippen LogP contribution in [0.5, 0.6) is 0 Å². The standard InChI is InChI=1S/C18H23N5OS/c1-12(2)23-17-13(10-21-23)8-14(9-19-17)18(24)20-11-15(22(3)4)16-6-5-7-25-16/h5-10,12,15H,11H2,1-4H3,(H,20,24)/t15-/m1/s1. The fourth-order valence-corrected chi connectivity index (χ4v) is 3.67. The monoisotopic (exact) mass is 357 g/mol. The highest BCUT2D eigenvalue weighted by atomic mass is 32.1. The summed E-state index contributed by atoms with van der Waals surface area (Å²) in [6.07, 6.45) is 3.38. The molecule has 0 saturated heterocycles. The van der Waals surface area contributed by atoms with Crippen LogP contribution in [0, 0.1) is 0 Å². The van der Waals surface area contributed by atoms with E-state index in [1.807, 2.05) is 30.9 Å². The summed E-state index contributed by atoms with van der Waals surface area (Å²) < 4.78 is 1.86. The average Bonchev–Trinajstić information content (AvgIpc) is 3.23. The van der Waals surface area contributed by atoms with E-state index in [4.69, 9.17) is 0 Å². The highest BCUT2D eigenvalue weighted by molar-refractivity contribution is 7.10. The van der Waals surface area contributed by atoms with Gasteiger partial charge in [0.25, 0.3) is 5.91 Å². The zero-order valence-electron chi connectivity index (χ0n) is 14.9. The molecule has 7 heteroatoms. The Labute approximate surface area is 151 Å². The summed E-state index contributed by atoms with van der Waals surface area (Å²) in [5.74, 6) is -0.116. The van der Waals surface area contributed by atoms with Gasteiger partial charge in [-0.15, -0.1) is 11.3 Å². The minimum Gasteiger partial charge on any atom is -0.350 e. The Balaban J connectivity index is 1.73. The highest BCUT2D eigenvalue weighted by Gasteiger charge is 2.17. The summed E-state index contributed by atoms with van der Waals surface area (Å²) in [6, 6.07) is 6.36. The molecule has 1 amide bonds. The zero-order chi connectivity index (χ0) is 18.0. The third-order valence-electron chi connectivity index (χ3n) is 4.14. The number of aromatic nitrogens is 3. The average molecular weight is 357 g/mol. The van der Waals surface area contributed by atoms with E-state index in [0.29, 0.717) is 12.1 Å². The fraction of sp³-hybridized carbons (Fsp3) is 0.389. The van der Waals surface area contributed by atoms with Gasteiger partial charge in [0.2, 0.25) is 0 Å². The van der Waals surface area contributed by atoms with Gasteiger partial charge in [-0.3, -0.25) is 4.79 Å². The third kappa shape index (κ3) is 3.72. The molecule has 0 aromatic carbocycles. The molecular weight excluding hydrogens is 334 g/mol. The Morgan fingerprint density at radius 1 is 1.36 bits per heavy atom. The van der Waals surface area contributed by atoms with Crippen molar-refractivity contribution in [1.82, 2.24) is 25.0 Å². The summed E-state index contributed by atoms with van der Waals surface area (Å²) in [6.45, 7) is 4.66. The van der Waals surface area contributed by atoms with Crippen LogP contribution in [0.4, 0.5) is 0 Å². The molecule has 1 atom stereocenters. The van der Waals surface area contributed by atoms with Crippen molar-refractivity contribution >= 4 is 28.3 Å². The van der Waals surface area contributed by atoms with Crippen molar-refractivity contribution < 1.29 is 4.79 Å². The predicted molar refractivity (Wildman–Crippen MR) is 101 cm³/mol. The second-order valence-corrected chi connectivity index (χ2v) is 7.50. The lowest BCUT2D eigenvalue weighted by molar-refractivity contribution is 0.0942. The first kappa shape index (κ1) is 17.6. The summed E-state index contributed by atoms with van der Waals surface area (Å²) in [4.78, 5) is 20.3. The van der Waals surface area contributed by atoms with Gasteiger partial charge in [-0.2, -0.15) is 5.10 Å². The molecule has 3 aromatic rings. The first-order valence-electron chi connectivity index (χ1n) is 8.28. The van der Waals surface area contributed by atoms with Crippen LogP contribution in [0.25, 0.3) is 11.0 Å².